The van der Waals surface area contributed by atoms with Crippen LogP contribution < -0.4 is 10.7 Å². The minimum atomic E-state index is -0.604. The van der Waals surface area contributed by atoms with E-state index in [9.17, 15) is 9.59 Å². The fraction of sp³-hybridized carbons (Fsp3) is 0. The average Bonchev–Trinajstić information content (AvgIpc) is 2.76. The monoisotopic (exact) mass is 229 g/mol. The molecule has 2 aromatic rings. The van der Waals surface area contributed by atoms with Crippen molar-refractivity contribution in [3.8, 4) is 6.07 Å². The largest absolute Gasteiger partial charge is 0.367 e. The van der Waals surface area contributed by atoms with Crippen LogP contribution >= 0.6 is 0 Å². The molecule has 0 aromatic carbocycles. The number of hydrogen-bond acceptors (Lipinski definition) is 4. The lowest BCUT2D eigenvalue weighted by Gasteiger charge is -2.01. The summed E-state index contributed by atoms with van der Waals surface area (Å²) < 4.78 is 0. The Morgan fingerprint density at radius 1 is 1.53 bits per heavy atom. The summed E-state index contributed by atoms with van der Waals surface area (Å²) in [4.78, 5) is 25.7. The molecule has 7 nitrogen and oxygen atoms in total. The number of hydrogen-bond donors (Lipinski definition) is 3. The van der Waals surface area contributed by atoms with Gasteiger partial charge in [0.15, 0.2) is 5.43 Å². The number of pyridine rings is 1. The van der Waals surface area contributed by atoms with E-state index in [2.05, 4.69) is 20.5 Å². The third kappa shape index (κ3) is 2.05. The highest BCUT2D eigenvalue weighted by molar-refractivity contribution is 6.03. The molecule has 1 amide bonds. The van der Waals surface area contributed by atoms with Crippen LogP contribution in [-0.2, 0) is 0 Å². The van der Waals surface area contributed by atoms with Gasteiger partial charge in [0.25, 0.3) is 5.91 Å². The van der Waals surface area contributed by atoms with Crippen molar-refractivity contribution in [2.24, 2.45) is 0 Å². The summed E-state index contributed by atoms with van der Waals surface area (Å²) in [7, 11) is 0. The van der Waals surface area contributed by atoms with Crippen LogP contribution in [0.25, 0.3) is 0 Å². The minimum absolute atomic E-state index is 0.0361. The lowest BCUT2D eigenvalue weighted by Crippen LogP contribution is -2.21. The number of anilines is 1. The van der Waals surface area contributed by atoms with Gasteiger partial charge in [-0.3, -0.25) is 14.7 Å². The third-order valence-corrected chi connectivity index (χ3v) is 2.07. The molecule has 0 bridgehead atoms. The lowest BCUT2D eigenvalue weighted by atomic mass is 10.2. The van der Waals surface area contributed by atoms with Gasteiger partial charge in [0.1, 0.15) is 23.0 Å². The number of nitrogens with zero attached hydrogens (tertiary/aromatic N) is 2. The van der Waals surface area contributed by atoms with E-state index in [0.717, 1.165) is 0 Å². The zero-order valence-electron chi connectivity index (χ0n) is 8.52. The fourth-order valence-corrected chi connectivity index (χ4v) is 1.24. The second-order valence-electron chi connectivity index (χ2n) is 3.15. The summed E-state index contributed by atoms with van der Waals surface area (Å²) in [6.07, 6.45) is 4.00. The number of rotatable bonds is 2. The van der Waals surface area contributed by atoms with Crippen molar-refractivity contribution < 1.29 is 4.79 Å². The molecule has 0 atom stereocenters. The van der Waals surface area contributed by atoms with Crippen LogP contribution in [0.2, 0.25) is 0 Å². The highest BCUT2D eigenvalue weighted by Gasteiger charge is 2.12. The van der Waals surface area contributed by atoms with E-state index in [-0.39, 0.29) is 16.9 Å². The van der Waals surface area contributed by atoms with E-state index in [1.807, 2.05) is 6.07 Å². The van der Waals surface area contributed by atoms with E-state index < -0.39 is 11.3 Å². The quantitative estimate of drug-likeness (QED) is 0.683. The molecule has 0 saturated heterocycles. The van der Waals surface area contributed by atoms with Crippen molar-refractivity contribution in [1.29, 1.82) is 5.26 Å². The summed E-state index contributed by atoms with van der Waals surface area (Å²) in [5.41, 5.74) is -0.240. The summed E-state index contributed by atoms with van der Waals surface area (Å²) in [5, 5.41) is 17.2. The van der Waals surface area contributed by atoms with Gasteiger partial charge in [0, 0.05) is 18.5 Å². The van der Waals surface area contributed by atoms with E-state index >= 15 is 0 Å². The second kappa shape index (κ2) is 4.32. The highest BCUT2D eigenvalue weighted by Crippen LogP contribution is 2.09. The maximum atomic E-state index is 11.7. The zero-order valence-corrected chi connectivity index (χ0v) is 8.52. The Hall–Kier alpha value is -2.88. The SMILES string of the molecule is N#Cc1cn[nH]c1NC(=O)c1c[nH]ccc1=O. The zero-order chi connectivity index (χ0) is 12.3. The molecule has 84 valence electrons. The Morgan fingerprint density at radius 2 is 2.35 bits per heavy atom. The van der Waals surface area contributed by atoms with Gasteiger partial charge in [-0.05, 0) is 0 Å². The molecule has 0 aliphatic carbocycles. The van der Waals surface area contributed by atoms with Crippen molar-refractivity contribution in [3.05, 3.63) is 46.0 Å². The summed E-state index contributed by atoms with van der Waals surface area (Å²) >= 11 is 0. The van der Waals surface area contributed by atoms with E-state index in [4.69, 9.17) is 5.26 Å². The van der Waals surface area contributed by atoms with Gasteiger partial charge in [-0.2, -0.15) is 10.4 Å². The number of nitrogens with one attached hydrogen (secondary N) is 3. The predicted molar refractivity (Wildman–Crippen MR) is 58.3 cm³/mol. The second-order valence-corrected chi connectivity index (χ2v) is 3.15. The van der Waals surface area contributed by atoms with Crippen LogP contribution in [0, 0.1) is 11.3 Å². The number of aromatic amines is 2. The van der Waals surface area contributed by atoms with Crippen molar-refractivity contribution in [3.63, 3.8) is 0 Å². The molecule has 0 aliphatic rings. The first-order chi connectivity index (χ1) is 8.22. The number of carbonyl (C=O) groups excluding carboxylic acids is 1. The van der Waals surface area contributed by atoms with Crippen molar-refractivity contribution in [2.75, 3.05) is 5.32 Å². The topological polar surface area (TPSA) is 114 Å². The summed E-state index contributed by atoms with van der Waals surface area (Å²) in [6.45, 7) is 0. The third-order valence-electron chi connectivity index (χ3n) is 2.07. The predicted octanol–water partition coefficient (Wildman–Crippen LogP) is 0.222. The van der Waals surface area contributed by atoms with Crippen LogP contribution in [0.3, 0.4) is 0 Å². The molecule has 0 fully saturated rings. The highest BCUT2D eigenvalue weighted by atomic mass is 16.2. The number of amides is 1. The maximum Gasteiger partial charge on any atom is 0.262 e. The molecule has 0 spiro atoms. The van der Waals surface area contributed by atoms with Gasteiger partial charge >= 0.3 is 0 Å². The molecule has 2 aromatic heterocycles. The van der Waals surface area contributed by atoms with E-state index in [1.54, 1.807) is 0 Å². The Balaban J connectivity index is 2.27. The summed E-state index contributed by atoms with van der Waals surface area (Å²) in [5.74, 6) is -0.437. The van der Waals surface area contributed by atoms with Gasteiger partial charge in [-0.25, -0.2) is 0 Å². The Bertz CT molecular complexity index is 649. The normalized spacial score (nSPS) is 9.59. The molecule has 0 radical (unpaired) electrons. The molecular formula is C10H7N5O2. The first-order valence-corrected chi connectivity index (χ1v) is 4.64. The van der Waals surface area contributed by atoms with Crippen LogP contribution in [0.5, 0.6) is 0 Å². The molecule has 7 heteroatoms. The lowest BCUT2D eigenvalue weighted by molar-refractivity contribution is 0.102. The first-order valence-electron chi connectivity index (χ1n) is 4.64. The molecular weight excluding hydrogens is 222 g/mol. The molecule has 0 saturated carbocycles. The molecule has 0 aliphatic heterocycles. The number of carbonyl (C=O) groups is 1. The van der Waals surface area contributed by atoms with Crippen molar-refractivity contribution in [1.82, 2.24) is 15.2 Å². The van der Waals surface area contributed by atoms with Gasteiger partial charge in [-0.1, -0.05) is 0 Å². The first kappa shape index (κ1) is 10.6. The van der Waals surface area contributed by atoms with E-state index in [1.165, 1.54) is 24.7 Å². The molecule has 2 heterocycles. The Morgan fingerprint density at radius 3 is 3.06 bits per heavy atom. The molecule has 0 unspecified atom stereocenters. The fourth-order valence-electron chi connectivity index (χ4n) is 1.24. The minimum Gasteiger partial charge on any atom is -0.367 e. The summed E-state index contributed by atoms with van der Waals surface area (Å²) in [6, 6.07) is 3.10. The maximum absolute atomic E-state index is 11.7. The Kier molecular flexibility index (Phi) is 2.70. The van der Waals surface area contributed by atoms with Crippen LogP contribution in [0.1, 0.15) is 15.9 Å². The molecule has 3 N–H and O–H groups in total. The van der Waals surface area contributed by atoms with E-state index in [0.29, 0.717) is 0 Å². The Labute approximate surface area is 95.1 Å². The smallest absolute Gasteiger partial charge is 0.262 e. The van der Waals surface area contributed by atoms with Gasteiger partial charge in [0.2, 0.25) is 0 Å². The average molecular weight is 229 g/mol. The molecule has 2 rings (SSSR count). The standard InChI is InChI=1S/C10H7N5O2/c11-3-6-4-13-15-9(6)14-10(17)7-5-12-2-1-8(7)16/h1-2,4-5H,(H,12,16)(H2,13,14,15,17). The van der Waals surface area contributed by atoms with Crippen molar-refractivity contribution in [2.45, 2.75) is 0 Å². The van der Waals surface area contributed by atoms with Crippen LogP contribution in [0.4, 0.5) is 5.82 Å². The number of aromatic nitrogens is 3. The number of nitriles is 1. The van der Waals surface area contributed by atoms with Crippen molar-refractivity contribution >= 4 is 11.7 Å². The number of H-pyrrole nitrogens is 2. The van der Waals surface area contributed by atoms with Crippen LogP contribution in [0.15, 0.2) is 29.5 Å². The molecule has 17 heavy (non-hydrogen) atoms. The van der Waals surface area contributed by atoms with Gasteiger partial charge in [0.05, 0.1) is 6.20 Å². The van der Waals surface area contributed by atoms with Crippen LogP contribution in [-0.4, -0.2) is 21.1 Å². The van der Waals surface area contributed by atoms with Gasteiger partial charge in [-0.15, -0.1) is 0 Å². The van der Waals surface area contributed by atoms with Gasteiger partial charge < -0.3 is 10.3 Å².